The van der Waals surface area contributed by atoms with Crippen LogP contribution in [-0.2, 0) is 0 Å². The van der Waals surface area contributed by atoms with Gasteiger partial charge in [-0.1, -0.05) is 12.1 Å². The Hall–Kier alpha value is -2.10. The van der Waals surface area contributed by atoms with Gasteiger partial charge in [-0.2, -0.15) is 0 Å². The van der Waals surface area contributed by atoms with Crippen molar-refractivity contribution in [3.05, 3.63) is 36.4 Å². The molecule has 6 heteroatoms. The smallest absolute Gasteiger partial charge is 0.387 e. The Balaban J connectivity index is 2.16. The molecule has 0 spiro atoms. The third kappa shape index (κ3) is 2.74. The minimum atomic E-state index is -1.55. The summed E-state index contributed by atoms with van der Waals surface area (Å²) >= 11 is 0. The zero-order valence-corrected chi connectivity index (χ0v) is 14.7. The van der Waals surface area contributed by atoms with Gasteiger partial charge in [-0.15, -0.1) is 0 Å². The van der Waals surface area contributed by atoms with Crippen LogP contribution in [0, 0.1) is 0 Å². The molecule has 0 N–H and O–H groups in total. The monoisotopic (exact) mass is 346 g/mol. The molecule has 1 aliphatic rings. The van der Waals surface area contributed by atoms with Crippen molar-refractivity contribution in [2.75, 3.05) is 6.61 Å². The maximum Gasteiger partial charge on any atom is 0.387 e. The molecule has 0 bridgehead atoms. The summed E-state index contributed by atoms with van der Waals surface area (Å²) in [7, 11) is -1.55. The van der Waals surface area contributed by atoms with Gasteiger partial charge in [-0.25, -0.2) is 0 Å². The van der Waals surface area contributed by atoms with Crippen LogP contribution < -0.4 is 14.0 Å². The zero-order chi connectivity index (χ0) is 16.7. The molecule has 3 aromatic rings. The average molecular weight is 346 g/mol. The summed E-state index contributed by atoms with van der Waals surface area (Å²) in [6.07, 6.45) is -0.0680. The molecule has 5 nitrogen and oxygen atoms in total. The molecule has 126 valence electrons. The molecule has 4 rings (SSSR count). The van der Waals surface area contributed by atoms with Crippen molar-refractivity contribution in [2.45, 2.75) is 33.0 Å². The van der Waals surface area contributed by atoms with Crippen molar-refractivity contribution in [1.82, 2.24) is 0 Å². The van der Waals surface area contributed by atoms with E-state index in [-0.39, 0.29) is 12.2 Å². The van der Waals surface area contributed by atoms with Crippen molar-refractivity contribution >= 4 is 30.2 Å². The molecule has 2 aromatic carbocycles. The predicted octanol–water partition coefficient (Wildman–Crippen LogP) is 5.29. The van der Waals surface area contributed by atoms with E-state index in [0.717, 1.165) is 22.3 Å². The second kappa shape index (κ2) is 6.08. The predicted molar refractivity (Wildman–Crippen MR) is 93.6 cm³/mol. The van der Waals surface area contributed by atoms with Crippen LogP contribution in [0.25, 0.3) is 21.9 Å². The summed E-state index contributed by atoms with van der Waals surface area (Å²) in [6, 6.07) is 11.5. The zero-order valence-electron chi connectivity index (χ0n) is 13.8. The van der Waals surface area contributed by atoms with Crippen LogP contribution in [0.5, 0.6) is 11.5 Å². The highest BCUT2D eigenvalue weighted by Gasteiger charge is 2.20. The first kappa shape index (κ1) is 15.4. The van der Waals surface area contributed by atoms with Gasteiger partial charge in [0.15, 0.2) is 0 Å². The molecule has 1 aromatic heterocycles. The summed E-state index contributed by atoms with van der Waals surface area (Å²) in [4.78, 5) is 0. The van der Waals surface area contributed by atoms with Crippen molar-refractivity contribution in [1.29, 1.82) is 0 Å². The first-order valence-electron chi connectivity index (χ1n) is 8.00. The average Bonchev–Trinajstić information content (AvgIpc) is 2.67. The highest BCUT2D eigenvalue weighted by atomic mass is 31.1. The summed E-state index contributed by atoms with van der Waals surface area (Å²) in [6.45, 7) is 6.36. The highest BCUT2D eigenvalue weighted by Crippen LogP contribution is 2.42. The SMILES string of the molecule is CC(C)Op1oc2cccc3c2c2c(cccc2o1)O[C@@H](C)CO3. The first-order valence-corrected chi connectivity index (χ1v) is 9.10. The lowest BCUT2D eigenvalue weighted by molar-refractivity contribution is 0.144. The van der Waals surface area contributed by atoms with Crippen LogP contribution in [0.1, 0.15) is 20.8 Å². The number of hydrogen-bond acceptors (Lipinski definition) is 5. The van der Waals surface area contributed by atoms with E-state index in [9.17, 15) is 0 Å². The fraction of sp³-hybridized carbons (Fsp3) is 0.333. The van der Waals surface area contributed by atoms with Crippen LogP contribution in [-0.4, -0.2) is 18.8 Å². The van der Waals surface area contributed by atoms with Crippen LogP contribution in [0.3, 0.4) is 0 Å². The third-order valence-corrected chi connectivity index (χ3v) is 4.96. The highest BCUT2D eigenvalue weighted by molar-refractivity contribution is 7.31. The Labute approximate surface area is 140 Å². The second-order valence-electron chi connectivity index (χ2n) is 6.06. The fourth-order valence-corrected chi connectivity index (χ4v) is 3.83. The molecule has 0 saturated carbocycles. The van der Waals surface area contributed by atoms with Gasteiger partial charge in [0, 0.05) is 0 Å². The van der Waals surface area contributed by atoms with E-state index >= 15 is 0 Å². The Morgan fingerprint density at radius 1 is 1.00 bits per heavy atom. The first-order chi connectivity index (χ1) is 11.6. The molecule has 0 saturated heterocycles. The number of benzene rings is 2. The minimum absolute atomic E-state index is 0.00400. The Kier molecular flexibility index (Phi) is 3.91. The van der Waals surface area contributed by atoms with E-state index < -0.39 is 8.24 Å². The molecule has 0 aliphatic carbocycles. The molecular formula is C18H19O5P. The van der Waals surface area contributed by atoms with Crippen molar-refractivity contribution in [3.8, 4) is 11.5 Å². The lowest BCUT2D eigenvalue weighted by Gasteiger charge is -2.20. The second-order valence-corrected chi connectivity index (χ2v) is 7.08. The van der Waals surface area contributed by atoms with Crippen LogP contribution in [0.2, 0.25) is 0 Å². The van der Waals surface area contributed by atoms with Gasteiger partial charge in [0.1, 0.15) is 35.4 Å². The van der Waals surface area contributed by atoms with Gasteiger partial charge < -0.3 is 17.9 Å². The maximum absolute atomic E-state index is 6.04. The van der Waals surface area contributed by atoms with E-state index in [1.165, 1.54) is 0 Å². The lowest BCUT2D eigenvalue weighted by Crippen LogP contribution is -2.22. The Morgan fingerprint density at radius 2 is 1.62 bits per heavy atom. The van der Waals surface area contributed by atoms with Gasteiger partial charge in [0.2, 0.25) is 0 Å². The van der Waals surface area contributed by atoms with E-state index in [4.69, 9.17) is 22.4 Å². The van der Waals surface area contributed by atoms with Crippen molar-refractivity contribution in [3.63, 3.8) is 0 Å². The standard InChI is InChI=1S/C18H19O5P/c1-11(2)21-24-22-15-8-4-6-13-17(15)18-14(20-12(3)10-19-13)7-5-9-16(18)23-24/h4-9,11-12H,10H2,1-3H3/t12-,24?/m0/s1. The molecule has 2 atom stereocenters. The van der Waals surface area contributed by atoms with E-state index in [1.807, 2.05) is 57.2 Å². The summed E-state index contributed by atoms with van der Waals surface area (Å²) in [5.41, 5.74) is 1.37. The van der Waals surface area contributed by atoms with Gasteiger partial charge in [-0.05, 0) is 45.0 Å². The molecular weight excluding hydrogens is 327 g/mol. The number of hydrogen-bond donors (Lipinski definition) is 0. The molecule has 0 amide bonds. The molecule has 0 fully saturated rings. The van der Waals surface area contributed by atoms with Gasteiger partial charge >= 0.3 is 8.24 Å². The van der Waals surface area contributed by atoms with Crippen LogP contribution in [0.4, 0.5) is 0 Å². The Bertz CT molecular complexity index is 932. The normalized spacial score (nSPS) is 17.5. The molecule has 1 unspecified atom stereocenters. The van der Waals surface area contributed by atoms with E-state index in [0.29, 0.717) is 17.8 Å². The largest absolute Gasteiger partial charge is 0.489 e. The van der Waals surface area contributed by atoms with Gasteiger partial charge in [-0.3, -0.25) is 4.52 Å². The van der Waals surface area contributed by atoms with Gasteiger partial charge in [0.25, 0.3) is 0 Å². The quantitative estimate of drug-likeness (QED) is 0.631. The summed E-state index contributed by atoms with van der Waals surface area (Å²) in [5.74, 6) is 1.53. The topological polar surface area (TPSA) is 54.0 Å². The van der Waals surface area contributed by atoms with E-state index in [1.54, 1.807) is 0 Å². The van der Waals surface area contributed by atoms with Gasteiger partial charge in [0.05, 0.1) is 16.9 Å². The van der Waals surface area contributed by atoms with Crippen LogP contribution in [0.15, 0.2) is 44.8 Å². The summed E-state index contributed by atoms with van der Waals surface area (Å²) < 4.78 is 29.9. The summed E-state index contributed by atoms with van der Waals surface area (Å²) in [5, 5.41) is 1.71. The van der Waals surface area contributed by atoms with Crippen molar-refractivity contribution in [2.24, 2.45) is 0 Å². The third-order valence-electron chi connectivity index (χ3n) is 3.67. The molecule has 2 heterocycles. The fourth-order valence-electron chi connectivity index (χ4n) is 2.74. The lowest BCUT2D eigenvalue weighted by atomic mass is 10.1. The number of rotatable bonds is 2. The molecule has 24 heavy (non-hydrogen) atoms. The van der Waals surface area contributed by atoms with E-state index in [2.05, 4.69) is 0 Å². The number of ether oxygens (including phenoxy) is 2. The Morgan fingerprint density at radius 3 is 2.29 bits per heavy atom. The van der Waals surface area contributed by atoms with Crippen LogP contribution >= 0.6 is 8.24 Å². The molecule has 1 aliphatic heterocycles. The minimum Gasteiger partial charge on any atom is -0.489 e. The van der Waals surface area contributed by atoms with Crippen molar-refractivity contribution < 1.29 is 22.4 Å². The maximum atomic E-state index is 6.04. The molecule has 0 radical (unpaired) electrons.